The van der Waals surface area contributed by atoms with Gasteiger partial charge in [-0.15, -0.1) is 0 Å². The van der Waals surface area contributed by atoms with Crippen molar-refractivity contribution in [1.29, 1.82) is 0 Å². The molecule has 0 saturated carbocycles. The average molecular weight is 847 g/mol. The second-order valence-electron chi connectivity index (χ2n) is 10.8. The molecule has 0 aliphatic carbocycles. The van der Waals surface area contributed by atoms with Crippen molar-refractivity contribution >= 4 is 74.5 Å². The molecule has 0 bridgehead atoms. The summed E-state index contributed by atoms with van der Waals surface area (Å²) in [6, 6.07) is 29.2. The Morgan fingerprint density at radius 3 is 1.35 bits per heavy atom. The lowest BCUT2D eigenvalue weighted by Crippen LogP contribution is -2.43. The molecular formula is C33H34Cl2I2N2O4. The maximum atomic E-state index is 12.0. The van der Waals surface area contributed by atoms with E-state index in [-0.39, 0.29) is 13.1 Å². The quantitative estimate of drug-likeness (QED) is 0.142. The van der Waals surface area contributed by atoms with Crippen molar-refractivity contribution in [1.82, 2.24) is 5.32 Å². The third kappa shape index (κ3) is 10.0. The minimum Gasteiger partial charge on any atom is -0.444 e. The standard InChI is InChI=1S/C19H21ClINO3.C14H13ClINO/c1-18(2,3)25-17(23)22-12-19(24,13-4-8-15(20)9-5-13)14-6-10-16(21)11-7-14;15-12-5-1-10(2-6-12)14(18,9-17)11-3-7-13(16)8-4-11/h4-11,24H,12H2,1-3H3,(H,22,23);1-8,18H,9,17H2. The SMILES string of the molecule is CC(C)(C)OC(=O)NCC(O)(c1ccc(Cl)cc1)c1ccc(I)cc1.NCC(O)(c1ccc(Cl)cc1)c1ccc(I)cc1. The molecule has 0 fully saturated rings. The molecule has 4 aromatic rings. The van der Waals surface area contributed by atoms with E-state index >= 15 is 0 Å². The first-order valence-electron chi connectivity index (χ1n) is 13.3. The molecule has 0 aromatic heterocycles. The molecule has 10 heteroatoms. The molecule has 0 spiro atoms. The first kappa shape index (κ1) is 35.5. The number of carbonyl (C=O) groups is 1. The van der Waals surface area contributed by atoms with E-state index in [1.54, 1.807) is 69.3 Å². The van der Waals surface area contributed by atoms with Crippen LogP contribution in [0.2, 0.25) is 10.0 Å². The summed E-state index contributed by atoms with van der Waals surface area (Å²) in [5.74, 6) is 0. The van der Waals surface area contributed by atoms with Gasteiger partial charge in [0.25, 0.3) is 0 Å². The summed E-state index contributed by atoms with van der Waals surface area (Å²) < 4.78 is 7.43. The number of amides is 1. The average Bonchev–Trinajstić information content (AvgIpc) is 2.96. The number of benzene rings is 4. The van der Waals surface area contributed by atoms with Crippen molar-refractivity contribution in [3.05, 3.63) is 137 Å². The van der Waals surface area contributed by atoms with Crippen LogP contribution in [0.5, 0.6) is 0 Å². The van der Waals surface area contributed by atoms with Crippen LogP contribution in [0.1, 0.15) is 43.0 Å². The van der Waals surface area contributed by atoms with Crippen LogP contribution in [0.25, 0.3) is 0 Å². The fourth-order valence-corrected chi connectivity index (χ4v) is 5.16. The van der Waals surface area contributed by atoms with Gasteiger partial charge in [-0.25, -0.2) is 4.79 Å². The van der Waals surface area contributed by atoms with Crippen LogP contribution in [0.3, 0.4) is 0 Å². The Labute approximate surface area is 290 Å². The summed E-state index contributed by atoms with van der Waals surface area (Å²) in [5, 5.41) is 26.0. The number of ether oxygens (including phenoxy) is 1. The van der Waals surface area contributed by atoms with Crippen LogP contribution in [0, 0.1) is 7.14 Å². The highest BCUT2D eigenvalue weighted by molar-refractivity contribution is 14.1. The third-order valence-electron chi connectivity index (χ3n) is 6.47. The van der Waals surface area contributed by atoms with E-state index in [0.29, 0.717) is 21.2 Å². The lowest BCUT2D eigenvalue weighted by atomic mass is 9.86. The molecular weight excluding hydrogens is 813 g/mol. The van der Waals surface area contributed by atoms with Crippen LogP contribution < -0.4 is 11.1 Å². The first-order valence-corrected chi connectivity index (χ1v) is 16.2. The Kier molecular flexibility index (Phi) is 12.7. The van der Waals surface area contributed by atoms with Gasteiger partial charge in [0.15, 0.2) is 0 Å². The number of hydrogen-bond acceptors (Lipinski definition) is 5. The number of nitrogens with two attached hydrogens (primary N) is 1. The Hall–Kier alpha value is -1.93. The van der Waals surface area contributed by atoms with Gasteiger partial charge in [-0.05, 0) is 137 Å². The monoisotopic (exact) mass is 846 g/mol. The summed E-state index contributed by atoms with van der Waals surface area (Å²) in [7, 11) is 0. The second-order valence-corrected chi connectivity index (χ2v) is 14.2. The van der Waals surface area contributed by atoms with Crippen molar-refractivity contribution < 1.29 is 19.7 Å². The Morgan fingerprint density at radius 2 is 1.02 bits per heavy atom. The van der Waals surface area contributed by atoms with Crippen molar-refractivity contribution in [2.24, 2.45) is 5.73 Å². The highest BCUT2D eigenvalue weighted by Gasteiger charge is 2.33. The van der Waals surface area contributed by atoms with Crippen LogP contribution >= 0.6 is 68.4 Å². The predicted molar refractivity (Wildman–Crippen MR) is 191 cm³/mol. The zero-order chi connectivity index (χ0) is 31.8. The maximum absolute atomic E-state index is 12.0. The molecule has 1 amide bonds. The van der Waals surface area contributed by atoms with Gasteiger partial charge >= 0.3 is 6.09 Å². The predicted octanol–water partition coefficient (Wildman–Crippen LogP) is 7.84. The fraction of sp³-hybridized carbons (Fsp3) is 0.242. The number of alkyl carbamates (subject to hydrolysis) is 1. The van der Waals surface area contributed by atoms with E-state index < -0.39 is 22.9 Å². The molecule has 0 saturated heterocycles. The molecule has 4 aromatic carbocycles. The van der Waals surface area contributed by atoms with Crippen molar-refractivity contribution in [2.45, 2.75) is 37.6 Å². The number of hydrogen-bond donors (Lipinski definition) is 4. The van der Waals surface area contributed by atoms with Gasteiger partial charge in [0.05, 0.1) is 6.54 Å². The van der Waals surface area contributed by atoms with Crippen molar-refractivity contribution in [2.75, 3.05) is 13.1 Å². The largest absolute Gasteiger partial charge is 0.444 e. The Morgan fingerprint density at radius 1 is 0.698 bits per heavy atom. The second kappa shape index (κ2) is 15.4. The number of aliphatic hydroxyl groups is 2. The normalized spacial score (nSPS) is 14.0. The molecule has 0 radical (unpaired) electrons. The summed E-state index contributed by atoms with van der Waals surface area (Å²) in [6.07, 6.45) is -0.578. The molecule has 0 aliphatic rings. The number of rotatable bonds is 7. The maximum Gasteiger partial charge on any atom is 0.407 e. The minimum atomic E-state index is -1.40. The fourth-order valence-electron chi connectivity index (χ4n) is 4.19. The summed E-state index contributed by atoms with van der Waals surface area (Å²) in [4.78, 5) is 12.0. The zero-order valence-corrected chi connectivity index (χ0v) is 29.8. The molecule has 6 nitrogen and oxygen atoms in total. The molecule has 2 unspecified atom stereocenters. The van der Waals surface area contributed by atoms with E-state index in [4.69, 9.17) is 33.7 Å². The molecule has 4 rings (SSSR count). The Bertz CT molecular complexity index is 1390. The summed E-state index contributed by atoms with van der Waals surface area (Å²) >= 11 is 16.2. The lowest BCUT2D eigenvalue weighted by molar-refractivity contribution is 0.0393. The van der Waals surface area contributed by atoms with Crippen LogP contribution in [-0.4, -0.2) is 35.0 Å². The zero-order valence-electron chi connectivity index (χ0n) is 24.0. The smallest absolute Gasteiger partial charge is 0.407 e. The number of halogens is 4. The van der Waals surface area contributed by atoms with Gasteiger partial charge in [0.2, 0.25) is 0 Å². The van der Waals surface area contributed by atoms with Crippen LogP contribution in [0.15, 0.2) is 97.1 Å². The molecule has 43 heavy (non-hydrogen) atoms. The van der Waals surface area contributed by atoms with E-state index in [1.165, 1.54) is 0 Å². The summed E-state index contributed by atoms with van der Waals surface area (Å²) in [6.45, 7) is 5.46. The van der Waals surface area contributed by atoms with Crippen molar-refractivity contribution in [3.63, 3.8) is 0 Å². The highest BCUT2D eigenvalue weighted by atomic mass is 127. The molecule has 5 N–H and O–H groups in total. The van der Waals surface area contributed by atoms with Gasteiger partial charge in [-0.1, -0.05) is 71.7 Å². The van der Waals surface area contributed by atoms with Gasteiger partial charge in [0, 0.05) is 23.7 Å². The van der Waals surface area contributed by atoms with E-state index in [2.05, 4.69) is 50.5 Å². The van der Waals surface area contributed by atoms with Gasteiger partial charge in [-0.3, -0.25) is 0 Å². The van der Waals surface area contributed by atoms with E-state index in [1.807, 2.05) is 48.5 Å². The van der Waals surface area contributed by atoms with Gasteiger partial charge in [-0.2, -0.15) is 0 Å². The van der Waals surface area contributed by atoms with Crippen LogP contribution in [0.4, 0.5) is 4.79 Å². The van der Waals surface area contributed by atoms with E-state index in [0.717, 1.165) is 18.3 Å². The molecule has 228 valence electrons. The van der Waals surface area contributed by atoms with Crippen LogP contribution in [-0.2, 0) is 15.9 Å². The van der Waals surface area contributed by atoms with Gasteiger partial charge in [0.1, 0.15) is 16.8 Å². The number of carbonyl (C=O) groups excluding carboxylic acids is 1. The number of nitrogens with one attached hydrogen (secondary N) is 1. The first-order chi connectivity index (χ1) is 20.2. The Balaban J connectivity index is 0.000000248. The molecule has 0 aliphatic heterocycles. The molecule has 0 heterocycles. The van der Waals surface area contributed by atoms with Gasteiger partial charge < -0.3 is 26.0 Å². The lowest BCUT2D eigenvalue weighted by Gasteiger charge is -2.30. The highest BCUT2D eigenvalue weighted by Crippen LogP contribution is 2.31. The molecule has 2 atom stereocenters. The summed E-state index contributed by atoms with van der Waals surface area (Å²) in [5.41, 5.74) is 5.42. The minimum absolute atomic E-state index is 0.0237. The van der Waals surface area contributed by atoms with Crippen molar-refractivity contribution in [3.8, 4) is 0 Å². The van der Waals surface area contributed by atoms with E-state index in [9.17, 15) is 15.0 Å². The topological polar surface area (TPSA) is 105 Å². The third-order valence-corrected chi connectivity index (χ3v) is 8.41.